The van der Waals surface area contributed by atoms with Crippen LogP contribution in [0.25, 0.3) is 0 Å². The van der Waals surface area contributed by atoms with E-state index in [1.807, 2.05) is 13.2 Å². The van der Waals surface area contributed by atoms with Crippen molar-refractivity contribution in [3.05, 3.63) is 27.0 Å². The molecule has 0 aliphatic carbocycles. The van der Waals surface area contributed by atoms with Gasteiger partial charge in [0, 0.05) is 12.2 Å². The second kappa shape index (κ2) is 6.80. The van der Waals surface area contributed by atoms with Gasteiger partial charge in [0.2, 0.25) is 0 Å². The summed E-state index contributed by atoms with van der Waals surface area (Å²) in [6, 6.07) is 0.180. The maximum atomic E-state index is 10.9. The molecule has 1 rings (SSSR count). The minimum Gasteiger partial charge on any atom is -0.376 e. The average molecular weight is 320 g/mol. The fourth-order valence-electron chi connectivity index (χ4n) is 1.32. The molecule has 94 valence electrons. The standard InChI is InChI=1S/C10H14BrN3O2S/c1-7(3-4-17-2)13-10-8(11)5-12-6-9(10)14(15)16/h5-7H,3-4H2,1-2H3,(H,12,13). The summed E-state index contributed by atoms with van der Waals surface area (Å²) in [5, 5.41) is 14.0. The fourth-order valence-corrected chi connectivity index (χ4v) is 2.34. The molecule has 0 bridgehead atoms. The average Bonchev–Trinajstić information content (AvgIpc) is 2.28. The largest absolute Gasteiger partial charge is 0.376 e. The quantitative estimate of drug-likeness (QED) is 0.643. The first kappa shape index (κ1) is 14.2. The van der Waals surface area contributed by atoms with Crippen LogP contribution in [0.4, 0.5) is 11.4 Å². The van der Waals surface area contributed by atoms with Gasteiger partial charge in [-0.05, 0) is 41.3 Å². The maximum Gasteiger partial charge on any atom is 0.311 e. The zero-order chi connectivity index (χ0) is 12.8. The van der Waals surface area contributed by atoms with Crippen molar-refractivity contribution in [1.82, 2.24) is 4.98 Å². The minimum absolute atomic E-state index is 0.00428. The normalized spacial score (nSPS) is 12.2. The van der Waals surface area contributed by atoms with Crippen LogP contribution in [0.5, 0.6) is 0 Å². The van der Waals surface area contributed by atoms with E-state index in [1.165, 1.54) is 6.20 Å². The molecule has 0 amide bonds. The molecule has 1 aromatic rings. The zero-order valence-corrected chi connectivity index (χ0v) is 12.0. The molecule has 1 aromatic heterocycles. The number of anilines is 1. The van der Waals surface area contributed by atoms with E-state index < -0.39 is 4.92 Å². The van der Waals surface area contributed by atoms with E-state index in [2.05, 4.69) is 26.2 Å². The molecule has 0 saturated heterocycles. The molecule has 1 N–H and O–H groups in total. The predicted octanol–water partition coefficient (Wildman–Crippen LogP) is 3.31. The van der Waals surface area contributed by atoms with Crippen LogP contribution in [0.3, 0.4) is 0 Å². The van der Waals surface area contributed by atoms with Crippen molar-refractivity contribution in [3.63, 3.8) is 0 Å². The van der Waals surface area contributed by atoms with Crippen LogP contribution < -0.4 is 5.32 Å². The summed E-state index contributed by atoms with van der Waals surface area (Å²) in [6.45, 7) is 2.01. The van der Waals surface area contributed by atoms with Crippen molar-refractivity contribution in [1.29, 1.82) is 0 Å². The molecule has 0 aliphatic rings. The van der Waals surface area contributed by atoms with Gasteiger partial charge in [0.1, 0.15) is 11.9 Å². The summed E-state index contributed by atoms with van der Waals surface area (Å²) in [4.78, 5) is 14.2. The summed E-state index contributed by atoms with van der Waals surface area (Å²) >= 11 is 5.03. The summed E-state index contributed by atoms with van der Waals surface area (Å²) < 4.78 is 0.614. The predicted molar refractivity (Wildman–Crippen MR) is 74.7 cm³/mol. The second-order valence-corrected chi connectivity index (χ2v) is 5.44. The highest BCUT2D eigenvalue weighted by Crippen LogP contribution is 2.31. The van der Waals surface area contributed by atoms with E-state index in [0.29, 0.717) is 10.2 Å². The number of rotatable bonds is 6. The molecule has 1 unspecified atom stereocenters. The van der Waals surface area contributed by atoms with Crippen molar-refractivity contribution < 1.29 is 4.92 Å². The van der Waals surface area contributed by atoms with Gasteiger partial charge in [0.05, 0.1) is 9.40 Å². The second-order valence-electron chi connectivity index (χ2n) is 3.60. The van der Waals surface area contributed by atoms with E-state index >= 15 is 0 Å². The van der Waals surface area contributed by atoms with Crippen LogP contribution in [0, 0.1) is 10.1 Å². The minimum atomic E-state index is -0.429. The number of nitrogens with zero attached hydrogens (tertiary/aromatic N) is 2. The molecule has 5 nitrogen and oxygen atoms in total. The summed E-state index contributed by atoms with van der Waals surface area (Å²) in [7, 11) is 0. The molecule has 0 aromatic carbocycles. The van der Waals surface area contributed by atoms with E-state index in [0.717, 1.165) is 12.2 Å². The van der Waals surface area contributed by atoms with Gasteiger partial charge in [0.15, 0.2) is 0 Å². The number of pyridine rings is 1. The fraction of sp³-hybridized carbons (Fsp3) is 0.500. The molecular weight excluding hydrogens is 306 g/mol. The third-order valence-electron chi connectivity index (χ3n) is 2.22. The Hall–Kier alpha value is -0.820. The SMILES string of the molecule is CSCCC(C)Nc1c(Br)cncc1[N+](=O)[O-]. The van der Waals surface area contributed by atoms with E-state index in [-0.39, 0.29) is 11.7 Å². The van der Waals surface area contributed by atoms with Crippen LogP contribution in [-0.4, -0.2) is 28.0 Å². The van der Waals surface area contributed by atoms with Crippen molar-refractivity contribution in [2.45, 2.75) is 19.4 Å². The monoisotopic (exact) mass is 319 g/mol. The number of nitrogens with one attached hydrogen (secondary N) is 1. The van der Waals surface area contributed by atoms with Gasteiger partial charge in [-0.15, -0.1) is 0 Å². The molecule has 0 radical (unpaired) electrons. The van der Waals surface area contributed by atoms with Crippen LogP contribution in [0.15, 0.2) is 16.9 Å². The molecule has 7 heteroatoms. The van der Waals surface area contributed by atoms with E-state index in [1.54, 1.807) is 18.0 Å². The Labute approximate surface area is 113 Å². The lowest BCUT2D eigenvalue weighted by Gasteiger charge is -2.15. The topological polar surface area (TPSA) is 68.1 Å². The van der Waals surface area contributed by atoms with Crippen LogP contribution >= 0.6 is 27.7 Å². The van der Waals surface area contributed by atoms with Gasteiger partial charge in [-0.3, -0.25) is 15.1 Å². The first-order valence-corrected chi connectivity index (χ1v) is 7.28. The molecular formula is C10H14BrN3O2S. The number of nitro groups is 1. The molecule has 0 saturated carbocycles. The van der Waals surface area contributed by atoms with Gasteiger partial charge >= 0.3 is 5.69 Å². The van der Waals surface area contributed by atoms with Crippen molar-refractivity contribution in [2.75, 3.05) is 17.3 Å². The first-order chi connectivity index (χ1) is 8.06. The lowest BCUT2D eigenvalue weighted by atomic mass is 10.2. The summed E-state index contributed by atoms with van der Waals surface area (Å²) in [5.74, 6) is 1.02. The summed E-state index contributed by atoms with van der Waals surface area (Å²) in [5.41, 5.74) is 0.494. The molecule has 1 atom stereocenters. The molecule has 0 aliphatic heterocycles. The third-order valence-corrected chi connectivity index (χ3v) is 3.47. The lowest BCUT2D eigenvalue weighted by Crippen LogP contribution is -2.17. The summed E-state index contributed by atoms with van der Waals surface area (Å²) in [6.07, 6.45) is 5.80. The Bertz CT molecular complexity index is 403. The number of halogens is 1. The first-order valence-electron chi connectivity index (χ1n) is 5.09. The number of hydrogen-bond acceptors (Lipinski definition) is 5. The van der Waals surface area contributed by atoms with Crippen molar-refractivity contribution in [2.24, 2.45) is 0 Å². The molecule has 0 spiro atoms. The lowest BCUT2D eigenvalue weighted by molar-refractivity contribution is -0.384. The Morgan fingerprint density at radius 3 is 2.94 bits per heavy atom. The molecule has 0 fully saturated rings. The highest BCUT2D eigenvalue weighted by atomic mass is 79.9. The van der Waals surface area contributed by atoms with Crippen molar-refractivity contribution in [3.8, 4) is 0 Å². The van der Waals surface area contributed by atoms with Gasteiger partial charge in [-0.2, -0.15) is 11.8 Å². The van der Waals surface area contributed by atoms with E-state index in [9.17, 15) is 10.1 Å². The van der Waals surface area contributed by atoms with Crippen molar-refractivity contribution >= 4 is 39.1 Å². The number of aromatic nitrogens is 1. The van der Waals surface area contributed by atoms with Crippen LogP contribution in [-0.2, 0) is 0 Å². The number of thioether (sulfide) groups is 1. The number of hydrogen-bond donors (Lipinski definition) is 1. The van der Waals surface area contributed by atoms with Gasteiger partial charge in [0.25, 0.3) is 0 Å². The Morgan fingerprint density at radius 1 is 1.65 bits per heavy atom. The maximum absolute atomic E-state index is 10.9. The highest BCUT2D eigenvalue weighted by Gasteiger charge is 2.18. The Kier molecular flexibility index (Phi) is 5.70. The Morgan fingerprint density at radius 2 is 2.35 bits per heavy atom. The highest BCUT2D eigenvalue weighted by molar-refractivity contribution is 9.10. The molecule has 17 heavy (non-hydrogen) atoms. The Balaban J connectivity index is 2.85. The third kappa shape index (κ3) is 4.16. The van der Waals surface area contributed by atoms with Gasteiger partial charge in [-0.25, -0.2) is 0 Å². The van der Waals surface area contributed by atoms with Gasteiger partial charge in [-0.1, -0.05) is 0 Å². The van der Waals surface area contributed by atoms with Gasteiger partial charge < -0.3 is 5.32 Å². The van der Waals surface area contributed by atoms with Crippen LogP contribution in [0.1, 0.15) is 13.3 Å². The van der Waals surface area contributed by atoms with E-state index in [4.69, 9.17) is 0 Å². The zero-order valence-electron chi connectivity index (χ0n) is 9.64. The molecule has 1 heterocycles. The smallest absolute Gasteiger partial charge is 0.311 e. The van der Waals surface area contributed by atoms with Crippen LogP contribution in [0.2, 0.25) is 0 Å².